The number of carbonyl (C=O) groups is 2. The van der Waals surface area contributed by atoms with Crippen LogP contribution >= 0.6 is 0 Å². The van der Waals surface area contributed by atoms with E-state index in [1.165, 1.54) is 0 Å². The smallest absolute Gasteiger partial charge is 0.311 e. The van der Waals surface area contributed by atoms with Gasteiger partial charge in [0.2, 0.25) is 0 Å². The molecule has 0 aromatic carbocycles. The summed E-state index contributed by atoms with van der Waals surface area (Å²) in [7, 11) is 1.56. The Balaban J connectivity index is 2.34. The van der Waals surface area contributed by atoms with Gasteiger partial charge >= 0.3 is 11.8 Å². The largest absolute Gasteiger partial charge is 0.383 e. The molecule has 92 valence electrons. The van der Waals surface area contributed by atoms with Crippen LogP contribution in [0.1, 0.15) is 19.8 Å². The fourth-order valence-corrected chi connectivity index (χ4v) is 1.86. The number of rotatable bonds is 3. The van der Waals surface area contributed by atoms with Crippen molar-refractivity contribution < 1.29 is 14.3 Å². The van der Waals surface area contributed by atoms with Crippen molar-refractivity contribution in [1.82, 2.24) is 10.2 Å². The van der Waals surface area contributed by atoms with Gasteiger partial charge in [0.15, 0.2) is 0 Å². The summed E-state index contributed by atoms with van der Waals surface area (Å²) in [6.07, 6.45) is 2.12. The highest BCUT2D eigenvalue weighted by molar-refractivity contribution is 6.35. The second-order valence-electron chi connectivity index (χ2n) is 4.25. The SMILES string of the molecule is COCCNC(=O)C(=O)N1CCCC(C)C1. The maximum absolute atomic E-state index is 11.7. The van der Waals surface area contributed by atoms with E-state index in [0.29, 0.717) is 32.2 Å². The molecule has 0 radical (unpaired) electrons. The molecule has 0 saturated carbocycles. The quantitative estimate of drug-likeness (QED) is 0.547. The molecule has 1 heterocycles. The molecule has 0 aromatic rings. The third kappa shape index (κ3) is 3.81. The maximum Gasteiger partial charge on any atom is 0.311 e. The predicted molar refractivity (Wildman–Crippen MR) is 59.9 cm³/mol. The van der Waals surface area contributed by atoms with Crippen molar-refractivity contribution in [3.05, 3.63) is 0 Å². The van der Waals surface area contributed by atoms with E-state index in [1.54, 1.807) is 12.0 Å². The molecular weight excluding hydrogens is 208 g/mol. The average Bonchev–Trinajstić information content (AvgIpc) is 2.28. The maximum atomic E-state index is 11.7. The van der Waals surface area contributed by atoms with Gasteiger partial charge in [-0.05, 0) is 18.8 Å². The van der Waals surface area contributed by atoms with Gasteiger partial charge in [0.1, 0.15) is 0 Å². The molecule has 0 aliphatic carbocycles. The summed E-state index contributed by atoms with van der Waals surface area (Å²) in [5, 5.41) is 2.54. The fraction of sp³-hybridized carbons (Fsp3) is 0.818. The lowest BCUT2D eigenvalue weighted by atomic mass is 10.0. The Morgan fingerprint density at radius 3 is 2.88 bits per heavy atom. The predicted octanol–water partition coefficient (Wildman–Crippen LogP) is 0.00750. The molecule has 1 fully saturated rings. The summed E-state index contributed by atoms with van der Waals surface area (Å²) in [6, 6.07) is 0. The molecule has 5 nitrogen and oxygen atoms in total. The number of piperidine rings is 1. The number of hydrogen-bond donors (Lipinski definition) is 1. The zero-order valence-electron chi connectivity index (χ0n) is 9.99. The Hall–Kier alpha value is -1.10. The van der Waals surface area contributed by atoms with E-state index in [4.69, 9.17) is 4.74 Å². The van der Waals surface area contributed by atoms with Gasteiger partial charge in [-0.2, -0.15) is 0 Å². The van der Waals surface area contributed by atoms with Crippen LogP contribution < -0.4 is 5.32 Å². The number of methoxy groups -OCH3 is 1. The van der Waals surface area contributed by atoms with Crippen LogP contribution in [0.15, 0.2) is 0 Å². The van der Waals surface area contributed by atoms with Gasteiger partial charge in [0.25, 0.3) is 0 Å². The number of amides is 2. The minimum Gasteiger partial charge on any atom is -0.383 e. The van der Waals surface area contributed by atoms with E-state index in [9.17, 15) is 9.59 Å². The second kappa shape index (κ2) is 6.48. The average molecular weight is 228 g/mol. The highest BCUT2D eigenvalue weighted by Crippen LogP contribution is 2.15. The first kappa shape index (κ1) is 13.0. The van der Waals surface area contributed by atoms with Gasteiger partial charge in [0.05, 0.1) is 6.61 Å². The lowest BCUT2D eigenvalue weighted by Crippen LogP contribution is -2.47. The molecule has 1 unspecified atom stereocenters. The number of nitrogens with one attached hydrogen (secondary N) is 1. The molecule has 1 N–H and O–H groups in total. The summed E-state index contributed by atoms with van der Waals surface area (Å²) < 4.78 is 4.79. The first-order chi connectivity index (χ1) is 7.65. The number of ether oxygens (including phenoxy) is 1. The summed E-state index contributed by atoms with van der Waals surface area (Å²) in [4.78, 5) is 24.8. The van der Waals surface area contributed by atoms with Gasteiger partial charge in [-0.25, -0.2) is 0 Å². The van der Waals surface area contributed by atoms with E-state index >= 15 is 0 Å². The fourth-order valence-electron chi connectivity index (χ4n) is 1.86. The minimum atomic E-state index is -0.522. The van der Waals surface area contributed by atoms with E-state index in [-0.39, 0.29) is 0 Å². The van der Waals surface area contributed by atoms with Crippen molar-refractivity contribution in [1.29, 1.82) is 0 Å². The molecule has 1 saturated heterocycles. The van der Waals surface area contributed by atoms with Crippen LogP contribution in [-0.2, 0) is 14.3 Å². The molecular formula is C11H20N2O3. The molecule has 2 amide bonds. The Bertz CT molecular complexity index is 256. The Morgan fingerprint density at radius 2 is 2.25 bits per heavy atom. The zero-order valence-corrected chi connectivity index (χ0v) is 9.99. The lowest BCUT2D eigenvalue weighted by Gasteiger charge is -2.30. The third-order valence-electron chi connectivity index (χ3n) is 2.73. The van der Waals surface area contributed by atoms with Crippen molar-refractivity contribution in [2.75, 3.05) is 33.4 Å². The summed E-state index contributed by atoms with van der Waals surface area (Å²) in [5.74, 6) is -0.446. The summed E-state index contributed by atoms with van der Waals surface area (Å²) >= 11 is 0. The van der Waals surface area contributed by atoms with Crippen molar-refractivity contribution >= 4 is 11.8 Å². The first-order valence-electron chi connectivity index (χ1n) is 5.71. The number of nitrogens with zero attached hydrogens (tertiary/aromatic N) is 1. The minimum absolute atomic E-state index is 0.379. The van der Waals surface area contributed by atoms with E-state index < -0.39 is 11.8 Å². The molecule has 0 aromatic heterocycles. The van der Waals surface area contributed by atoms with Gasteiger partial charge in [-0.3, -0.25) is 9.59 Å². The Labute approximate surface area is 96.1 Å². The van der Waals surface area contributed by atoms with Gasteiger partial charge < -0.3 is 15.0 Å². The van der Waals surface area contributed by atoms with Crippen LogP contribution in [-0.4, -0.2) is 50.1 Å². The van der Waals surface area contributed by atoms with Crippen LogP contribution in [0.2, 0.25) is 0 Å². The Morgan fingerprint density at radius 1 is 1.50 bits per heavy atom. The molecule has 16 heavy (non-hydrogen) atoms. The lowest BCUT2D eigenvalue weighted by molar-refractivity contribution is -0.147. The van der Waals surface area contributed by atoms with Crippen LogP contribution in [0.25, 0.3) is 0 Å². The molecule has 5 heteroatoms. The molecule has 0 spiro atoms. The van der Waals surface area contributed by atoms with Crippen LogP contribution in [0, 0.1) is 5.92 Å². The van der Waals surface area contributed by atoms with Crippen molar-refractivity contribution in [3.63, 3.8) is 0 Å². The van der Waals surface area contributed by atoms with Gasteiger partial charge in [0, 0.05) is 26.7 Å². The third-order valence-corrected chi connectivity index (χ3v) is 2.73. The van der Waals surface area contributed by atoms with E-state index in [1.807, 2.05) is 0 Å². The topological polar surface area (TPSA) is 58.6 Å². The van der Waals surface area contributed by atoms with Crippen LogP contribution in [0.5, 0.6) is 0 Å². The normalized spacial score (nSPS) is 20.6. The molecule has 1 atom stereocenters. The Kier molecular flexibility index (Phi) is 5.25. The van der Waals surface area contributed by atoms with E-state index in [2.05, 4.69) is 12.2 Å². The number of likely N-dealkylation sites (tertiary alicyclic amines) is 1. The van der Waals surface area contributed by atoms with Crippen molar-refractivity contribution in [2.45, 2.75) is 19.8 Å². The second-order valence-corrected chi connectivity index (χ2v) is 4.25. The first-order valence-corrected chi connectivity index (χ1v) is 5.71. The van der Waals surface area contributed by atoms with Crippen molar-refractivity contribution in [2.24, 2.45) is 5.92 Å². The van der Waals surface area contributed by atoms with Gasteiger partial charge in [-0.15, -0.1) is 0 Å². The molecule has 0 bridgehead atoms. The highest BCUT2D eigenvalue weighted by Gasteiger charge is 2.25. The summed E-state index contributed by atoms with van der Waals surface area (Å²) in [5.41, 5.74) is 0. The molecule has 1 rings (SSSR count). The van der Waals surface area contributed by atoms with Crippen molar-refractivity contribution in [3.8, 4) is 0 Å². The molecule has 1 aliphatic rings. The van der Waals surface area contributed by atoms with Gasteiger partial charge in [-0.1, -0.05) is 6.92 Å². The number of carbonyl (C=O) groups excluding carboxylic acids is 2. The standard InChI is InChI=1S/C11H20N2O3/c1-9-4-3-6-13(8-9)11(15)10(14)12-5-7-16-2/h9H,3-8H2,1-2H3,(H,12,14). The van der Waals surface area contributed by atoms with Crippen LogP contribution in [0.4, 0.5) is 0 Å². The summed E-state index contributed by atoms with van der Waals surface area (Å²) in [6.45, 7) is 4.29. The molecule has 1 aliphatic heterocycles. The number of hydrogen-bond acceptors (Lipinski definition) is 3. The highest BCUT2D eigenvalue weighted by atomic mass is 16.5. The monoisotopic (exact) mass is 228 g/mol. The zero-order chi connectivity index (χ0) is 12.0. The van der Waals surface area contributed by atoms with Crippen LogP contribution in [0.3, 0.4) is 0 Å². The van der Waals surface area contributed by atoms with E-state index in [0.717, 1.165) is 12.8 Å².